The van der Waals surface area contributed by atoms with E-state index in [4.69, 9.17) is 10.7 Å². The number of nitrogens with two attached hydrogens (primary N) is 1. The van der Waals surface area contributed by atoms with E-state index in [1.54, 1.807) is 0 Å². The first kappa shape index (κ1) is 10.4. The molecule has 0 saturated carbocycles. The van der Waals surface area contributed by atoms with E-state index in [-0.39, 0.29) is 0 Å². The van der Waals surface area contributed by atoms with Crippen LogP contribution in [0.2, 0.25) is 0 Å². The van der Waals surface area contributed by atoms with Gasteiger partial charge in [0.2, 0.25) is 0 Å². The number of likely N-dealkylation sites (tertiary alicyclic amines) is 2. The summed E-state index contributed by atoms with van der Waals surface area (Å²) in [5, 5.41) is 0. The van der Waals surface area contributed by atoms with Crippen molar-refractivity contribution in [1.82, 2.24) is 9.80 Å². The molecule has 2 N–H and O–H groups in total. The van der Waals surface area contributed by atoms with Crippen LogP contribution in [0.4, 0.5) is 0 Å². The van der Waals surface area contributed by atoms with Gasteiger partial charge in [-0.05, 0) is 38.9 Å². The zero-order chi connectivity index (χ0) is 9.97. The van der Waals surface area contributed by atoms with Crippen molar-refractivity contribution in [3.8, 4) is 0 Å². The van der Waals surface area contributed by atoms with Gasteiger partial charge in [-0.3, -0.25) is 9.74 Å². The van der Waals surface area contributed by atoms with Crippen LogP contribution < -0.4 is 5.90 Å². The van der Waals surface area contributed by atoms with Crippen LogP contribution in [0.15, 0.2) is 0 Å². The monoisotopic (exact) mass is 199 g/mol. The van der Waals surface area contributed by atoms with Crippen LogP contribution >= 0.6 is 0 Å². The molecule has 2 aliphatic rings. The van der Waals surface area contributed by atoms with Gasteiger partial charge in [0.25, 0.3) is 0 Å². The average Bonchev–Trinajstić information content (AvgIpc) is 2.13. The standard InChI is InChI=1S/C10H21N3O/c1-12-4-2-9(3-5-12)6-13-7-10(8-13)14-11/h9-10H,2-8,11H2,1H3. The summed E-state index contributed by atoms with van der Waals surface area (Å²) in [6.45, 7) is 5.82. The third-order valence-electron chi connectivity index (χ3n) is 3.47. The van der Waals surface area contributed by atoms with E-state index >= 15 is 0 Å². The lowest BCUT2D eigenvalue weighted by molar-refractivity contribution is -0.0634. The first-order valence-corrected chi connectivity index (χ1v) is 5.54. The SMILES string of the molecule is CN1CCC(CN2CC(ON)C2)CC1. The zero-order valence-corrected chi connectivity index (χ0v) is 8.98. The summed E-state index contributed by atoms with van der Waals surface area (Å²) in [6, 6.07) is 0. The molecule has 0 atom stereocenters. The molecule has 2 fully saturated rings. The predicted octanol–water partition coefficient (Wildman–Crippen LogP) is -0.0973. The Morgan fingerprint density at radius 3 is 2.50 bits per heavy atom. The minimum Gasteiger partial charge on any atom is -0.306 e. The quantitative estimate of drug-likeness (QED) is 0.645. The van der Waals surface area contributed by atoms with Gasteiger partial charge < -0.3 is 4.90 Å². The van der Waals surface area contributed by atoms with Crippen LogP contribution in [0.5, 0.6) is 0 Å². The maximum absolute atomic E-state index is 5.11. The molecule has 0 spiro atoms. The average molecular weight is 199 g/mol. The van der Waals surface area contributed by atoms with Crippen molar-refractivity contribution < 1.29 is 4.84 Å². The van der Waals surface area contributed by atoms with Crippen molar-refractivity contribution in [2.24, 2.45) is 11.8 Å². The number of rotatable bonds is 3. The van der Waals surface area contributed by atoms with Crippen molar-refractivity contribution in [3.63, 3.8) is 0 Å². The van der Waals surface area contributed by atoms with Crippen LogP contribution in [-0.4, -0.2) is 55.7 Å². The highest BCUT2D eigenvalue weighted by atomic mass is 16.6. The second-order valence-electron chi connectivity index (χ2n) is 4.72. The molecule has 4 nitrogen and oxygen atoms in total. The second kappa shape index (κ2) is 4.57. The van der Waals surface area contributed by atoms with Gasteiger partial charge in [0.1, 0.15) is 6.10 Å². The van der Waals surface area contributed by atoms with E-state index in [0.29, 0.717) is 6.10 Å². The van der Waals surface area contributed by atoms with Crippen molar-refractivity contribution in [3.05, 3.63) is 0 Å². The fourth-order valence-electron chi connectivity index (χ4n) is 2.37. The lowest BCUT2D eigenvalue weighted by Crippen LogP contribution is -2.55. The number of piperidine rings is 1. The largest absolute Gasteiger partial charge is 0.306 e. The maximum atomic E-state index is 5.11. The van der Waals surface area contributed by atoms with E-state index in [0.717, 1.165) is 19.0 Å². The highest BCUT2D eigenvalue weighted by Gasteiger charge is 2.29. The summed E-state index contributed by atoms with van der Waals surface area (Å²) in [5.41, 5.74) is 0. The number of nitrogens with zero attached hydrogens (tertiary/aromatic N) is 2. The highest BCUT2D eigenvalue weighted by Crippen LogP contribution is 2.20. The van der Waals surface area contributed by atoms with E-state index < -0.39 is 0 Å². The molecule has 2 aliphatic heterocycles. The summed E-state index contributed by atoms with van der Waals surface area (Å²) in [5.74, 6) is 6.01. The fraction of sp³-hybridized carbons (Fsp3) is 1.00. The molecule has 2 rings (SSSR count). The van der Waals surface area contributed by atoms with E-state index in [1.807, 2.05) is 0 Å². The van der Waals surface area contributed by atoms with Crippen LogP contribution in [0.1, 0.15) is 12.8 Å². The van der Waals surface area contributed by atoms with E-state index in [2.05, 4.69) is 16.8 Å². The minimum absolute atomic E-state index is 0.293. The van der Waals surface area contributed by atoms with Gasteiger partial charge in [-0.25, -0.2) is 5.90 Å². The van der Waals surface area contributed by atoms with Gasteiger partial charge in [-0.2, -0.15) is 0 Å². The van der Waals surface area contributed by atoms with Gasteiger partial charge in [0.05, 0.1) is 0 Å². The molecule has 0 amide bonds. The molecule has 82 valence electrons. The van der Waals surface area contributed by atoms with Crippen molar-refractivity contribution >= 4 is 0 Å². The molecule has 0 unspecified atom stereocenters. The Labute approximate surface area is 85.9 Å². The lowest BCUT2D eigenvalue weighted by Gasteiger charge is -2.41. The van der Waals surface area contributed by atoms with Gasteiger partial charge in [-0.1, -0.05) is 0 Å². The molecule has 0 aromatic rings. The Morgan fingerprint density at radius 2 is 1.93 bits per heavy atom. The molecular formula is C10H21N3O. The summed E-state index contributed by atoms with van der Waals surface area (Å²) < 4.78 is 0. The fourth-order valence-corrected chi connectivity index (χ4v) is 2.37. The van der Waals surface area contributed by atoms with Gasteiger partial charge >= 0.3 is 0 Å². The molecule has 0 aromatic heterocycles. The highest BCUT2D eigenvalue weighted by molar-refractivity contribution is 4.83. The smallest absolute Gasteiger partial charge is 0.104 e. The topological polar surface area (TPSA) is 41.7 Å². The van der Waals surface area contributed by atoms with Gasteiger partial charge in [0, 0.05) is 19.6 Å². The Hall–Kier alpha value is -0.160. The van der Waals surface area contributed by atoms with Crippen LogP contribution in [0.3, 0.4) is 0 Å². The molecule has 4 heteroatoms. The minimum atomic E-state index is 0.293. The first-order chi connectivity index (χ1) is 6.78. The predicted molar refractivity (Wildman–Crippen MR) is 55.7 cm³/mol. The molecule has 0 aliphatic carbocycles. The third kappa shape index (κ3) is 2.45. The molecule has 14 heavy (non-hydrogen) atoms. The molecule has 2 heterocycles. The van der Waals surface area contributed by atoms with Gasteiger partial charge in [0.15, 0.2) is 0 Å². The molecule has 2 saturated heterocycles. The third-order valence-corrected chi connectivity index (χ3v) is 3.47. The normalized spacial score (nSPS) is 27.9. The Balaban J connectivity index is 1.62. The first-order valence-electron chi connectivity index (χ1n) is 5.54. The van der Waals surface area contributed by atoms with Crippen molar-refractivity contribution in [2.75, 3.05) is 39.8 Å². The van der Waals surface area contributed by atoms with Crippen molar-refractivity contribution in [1.29, 1.82) is 0 Å². The summed E-state index contributed by atoms with van der Waals surface area (Å²) >= 11 is 0. The second-order valence-corrected chi connectivity index (χ2v) is 4.72. The number of hydrogen-bond donors (Lipinski definition) is 1. The summed E-state index contributed by atoms with van der Waals surface area (Å²) in [4.78, 5) is 9.64. The van der Waals surface area contributed by atoms with E-state index in [9.17, 15) is 0 Å². The van der Waals surface area contributed by atoms with Crippen LogP contribution in [0.25, 0.3) is 0 Å². The molecule has 0 aromatic carbocycles. The maximum Gasteiger partial charge on any atom is 0.104 e. The Morgan fingerprint density at radius 1 is 1.29 bits per heavy atom. The molecular weight excluding hydrogens is 178 g/mol. The molecule has 0 radical (unpaired) electrons. The number of hydrogen-bond acceptors (Lipinski definition) is 4. The summed E-state index contributed by atoms with van der Waals surface area (Å²) in [7, 11) is 2.21. The van der Waals surface area contributed by atoms with Crippen molar-refractivity contribution in [2.45, 2.75) is 18.9 Å². The Bertz CT molecular complexity index is 174. The van der Waals surface area contributed by atoms with Crippen LogP contribution in [0, 0.1) is 5.92 Å². The van der Waals surface area contributed by atoms with E-state index in [1.165, 1.54) is 32.5 Å². The lowest BCUT2D eigenvalue weighted by atomic mass is 9.95. The Kier molecular flexibility index (Phi) is 3.38. The summed E-state index contributed by atoms with van der Waals surface area (Å²) in [6.07, 6.45) is 2.99. The molecule has 0 bridgehead atoms. The van der Waals surface area contributed by atoms with Crippen LogP contribution in [-0.2, 0) is 4.84 Å². The van der Waals surface area contributed by atoms with Gasteiger partial charge in [-0.15, -0.1) is 0 Å². The zero-order valence-electron chi connectivity index (χ0n) is 8.98.